The first-order valence-electron chi connectivity index (χ1n) is 6.30. The lowest BCUT2D eigenvalue weighted by molar-refractivity contribution is -0.0874. The van der Waals surface area contributed by atoms with Crippen LogP contribution in [-0.4, -0.2) is 37.6 Å². The van der Waals surface area contributed by atoms with E-state index in [9.17, 15) is 13.9 Å². The molecule has 0 saturated heterocycles. The Morgan fingerprint density at radius 3 is 2.71 bits per heavy atom. The Morgan fingerprint density at radius 1 is 1.43 bits per heavy atom. The summed E-state index contributed by atoms with van der Waals surface area (Å²) >= 11 is 0. The molecule has 0 aliphatic heterocycles. The Kier molecular flexibility index (Phi) is 4.46. The third-order valence-corrected chi connectivity index (χ3v) is 3.05. The number of aliphatic hydroxyl groups excluding tert-OH is 1. The highest BCUT2D eigenvalue weighted by atomic mass is 19.1. The summed E-state index contributed by atoms with van der Waals surface area (Å²) in [6.45, 7) is 2.37. The highest BCUT2D eigenvalue weighted by Crippen LogP contribution is 2.30. The zero-order chi connectivity index (χ0) is 15.5. The topological polar surface area (TPSA) is 73.1 Å². The van der Waals surface area contributed by atoms with E-state index in [1.165, 1.54) is 29.5 Å². The SMILES string of the molecule is CC(C)(CF)[C@H](O)[C@H](Oc1ccc(F)cn1)n1cncn1. The van der Waals surface area contributed by atoms with E-state index in [4.69, 9.17) is 4.74 Å². The second-order valence-corrected chi connectivity index (χ2v) is 5.27. The van der Waals surface area contributed by atoms with Crippen LogP contribution in [0.15, 0.2) is 31.0 Å². The lowest BCUT2D eigenvalue weighted by atomic mass is 9.87. The van der Waals surface area contributed by atoms with E-state index in [0.717, 1.165) is 6.20 Å². The van der Waals surface area contributed by atoms with Gasteiger partial charge in [0.25, 0.3) is 0 Å². The van der Waals surface area contributed by atoms with Crippen molar-refractivity contribution in [3.05, 3.63) is 36.8 Å². The van der Waals surface area contributed by atoms with Crippen LogP contribution in [0.3, 0.4) is 0 Å². The average molecular weight is 298 g/mol. The molecule has 1 N–H and O–H groups in total. The van der Waals surface area contributed by atoms with Crippen LogP contribution >= 0.6 is 0 Å². The van der Waals surface area contributed by atoms with Gasteiger partial charge in [0.1, 0.15) is 24.6 Å². The average Bonchev–Trinajstić information content (AvgIpc) is 3.00. The molecule has 0 aromatic carbocycles. The van der Waals surface area contributed by atoms with E-state index in [1.54, 1.807) is 13.8 Å². The molecule has 2 heterocycles. The Morgan fingerprint density at radius 2 is 2.19 bits per heavy atom. The summed E-state index contributed by atoms with van der Waals surface area (Å²) in [6.07, 6.45) is 1.35. The number of alkyl halides is 1. The molecule has 2 rings (SSSR count). The van der Waals surface area contributed by atoms with Gasteiger partial charge >= 0.3 is 0 Å². The molecular weight excluding hydrogens is 282 g/mol. The number of aliphatic hydroxyl groups is 1. The van der Waals surface area contributed by atoms with Gasteiger partial charge in [0.15, 0.2) is 0 Å². The smallest absolute Gasteiger partial charge is 0.221 e. The summed E-state index contributed by atoms with van der Waals surface area (Å²) < 4.78 is 32.7. The molecule has 2 aromatic heterocycles. The van der Waals surface area contributed by atoms with Crippen molar-refractivity contribution in [3.8, 4) is 5.88 Å². The van der Waals surface area contributed by atoms with Gasteiger partial charge in [-0.15, -0.1) is 0 Å². The molecule has 8 heteroatoms. The van der Waals surface area contributed by atoms with Crippen LogP contribution in [0.25, 0.3) is 0 Å². The van der Waals surface area contributed by atoms with Crippen molar-refractivity contribution in [2.75, 3.05) is 6.67 Å². The predicted octanol–water partition coefficient (Wildman–Crippen LogP) is 1.75. The Labute approximate surface area is 120 Å². The van der Waals surface area contributed by atoms with Gasteiger partial charge in [-0.1, -0.05) is 13.8 Å². The largest absolute Gasteiger partial charge is 0.449 e. The van der Waals surface area contributed by atoms with E-state index in [-0.39, 0.29) is 5.88 Å². The van der Waals surface area contributed by atoms with Gasteiger partial charge in [-0.3, -0.25) is 4.39 Å². The molecule has 0 aliphatic carbocycles. The molecule has 0 aliphatic rings. The van der Waals surface area contributed by atoms with Gasteiger partial charge in [0, 0.05) is 11.5 Å². The maximum atomic E-state index is 13.1. The number of hydrogen-bond donors (Lipinski definition) is 1. The summed E-state index contributed by atoms with van der Waals surface area (Å²) in [5, 5.41) is 14.3. The fourth-order valence-corrected chi connectivity index (χ4v) is 1.63. The zero-order valence-corrected chi connectivity index (χ0v) is 11.6. The number of aromatic nitrogens is 4. The summed E-state index contributed by atoms with van der Waals surface area (Å²) in [5.74, 6) is -0.421. The van der Waals surface area contributed by atoms with Crippen molar-refractivity contribution in [3.63, 3.8) is 0 Å². The van der Waals surface area contributed by atoms with E-state index >= 15 is 0 Å². The maximum absolute atomic E-state index is 13.1. The first-order chi connectivity index (χ1) is 9.94. The molecule has 6 nitrogen and oxygen atoms in total. The monoisotopic (exact) mass is 298 g/mol. The summed E-state index contributed by atoms with van der Waals surface area (Å²) in [5.41, 5.74) is -1.06. The van der Waals surface area contributed by atoms with Gasteiger partial charge in [-0.05, 0) is 6.07 Å². The van der Waals surface area contributed by atoms with Crippen LogP contribution < -0.4 is 4.74 Å². The number of ether oxygens (including phenoxy) is 1. The standard InChI is InChI=1S/C13H16F2N4O2/c1-13(2,6-14)11(20)12(19-8-16-7-18-19)21-10-4-3-9(15)5-17-10/h3-5,7-8,11-12,20H,6H2,1-2H3/t11-,12+/m1/s1. The number of rotatable bonds is 6. The number of hydrogen-bond acceptors (Lipinski definition) is 5. The fourth-order valence-electron chi connectivity index (χ4n) is 1.63. The molecule has 0 bridgehead atoms. The third-order valence-electron chi connectivity index (χ3n) is 3.05. The van der Waals surface area contributed by atoms with Crippen molar-refractivity contribution in [2.24, 2.45) is 5.41 Å². The highest BCUT2D eigenvalue weighted by Gasteiger charge is 2.37. The molecule has 0 saturated carbocycles. The van der Waals surface area contributed by atoms with Crippen LogP contribution in [-0.2, 0) is 0 Å². The van der Waals surface area contributed by atoms with Crippen molar-refractivity contribution < 1.29 is 18.6 Å². The molecule has 0 amide bonds. The Hall–Kier alpha value is -2.09. The summed E-state index contributed by atoms with van der Waals surface area (Å²) in [4.78, 5) is 7.53. The first-order valence-corrected chi connectivity index (χ1v) is 6.30. The number of halogens is 2. The van der Waals surface area contributed by atoms with Crippen molar-refractivity contribution in [1.29, 1.82) is 0 Å². The fraction of sp³-hybridized carbons (Fsp3) is 0.462. The van der Waals surface area contributed by atoms with Gasteiger partial charge in [-0.2, -0.15) is 5.10 Å². The summed E-state index contributed by atoms with van der Waals surface area (Å²) in [7, 11) is 0. The van der Waals surface area contributed by atoms with Crippen LogP contribution in [0.5, 0.6) is 5.88 Å². The van der Waals surface area contributed by atoms with E-state index in [2.05, 4.69) is 15.1 Å². The predicted molar refractivity (Wildman–Crippen MR) is 69.6 cm³/mol. The molecule has 0 fully saturated rings. The van der Waals surface area contributed by atoms with E-state index in [1.807, 2.05) is 0 Å². The lowest BCUT2D eigenvalue weighted by Gasteiger charge is -2.33. The minimum absolute atomic E-state index is 0.0885. The van der Waals surface area contributed by atoms with Crippen molar-refractivity contribution in [2.45, 2.75) is 26.2 Å². The van der Waals surface area contributed by atoms with Crippen LogP contribution in [0.1, 0.15) is 20.1 Å². The molecular formula is C13H16F2N4O2. The van der Waals surface area contributed by atoms with Gasteiger partial charge in [0.05, 0.1) is 12.9 Å². The number of pyridine rings is 1. The summed E-state index contributed by atoms with van der Waals surface area (Å²) in [6, 6.07) is 2.49. The molecule has 21 heavy (non-hydrogen) atoms. The van der Waals surface area contributed by atoms with Crippen LogP contribution in [0.4, 0.5) is 8.78 Å². The van der Waals surface area contributed by atoms with Crippen molar-refractivity contribution in [1.82, 2.24) is 19.7 Å². The molecule has 2 atom stereocenters. The van der Waals surface area contributed by atoms with Gasteiger partial charge in [0.2, 0.25) is 12.1 Å². The number of nitrogens with zero attached hydrogens (tertiary/aromatic N) is 4. The Balaban J connectivity index is 2.27. The molecule has 0 unspecified atom stereocenters. The quantitative estimate of drug-likeness (QED) is 0.879. The minimum Gasteiger partial charge on any atom is -0.449 e. The van der Waals surface area contributed by atoms with E-state index in [0.29, 0.717) is 0 Å². The second-order valence-electron chi connectivity index (χ2n) is 5.27. The maximum Gasteiger partial charge on any atom is 0.221 e. The molecule has 2 aromatic rings. The second kappa shape index (κ2) is 6.13. The van der Waals surface area contributed by atoms with Crippen LogP contribution in [0.2, 0.25) is 0 Å². The Bertz CT molecular complexity index is 560. The van der Waals surface area contributed by atoms with Crippen molar-refractivity contribution >= 4 is 0 Å². The highest BCUT2D eigenvalue weighted by molar-refractivity contribution is 5.11. The molecule has 0 spiro atoms. The van der Waals surface area contributed by atoms with Crippen LogP contribution in [0, 0.1) is 11.2 Å². The lowest BCUT2D eigenvalue weighted by Crippen LogP contribution is -2.41. The zero-order valence-electron chi connectivity index (χ0n) is 11.6. The molecule has 0 radical (unpaired) electrons. The van der Waals surface area contributed by atoms with E-state index < -0.39 is 30.2 Å². The first kappa shape index (κ1) is 15.3. The van der Waals surface area contributed by atoms with Gasteiger partial charge < -0.3 is 9.84 Å². The normalized spacial score (nSPS) is 14.7. The van der Waals surface area contributed by atoms with Gasteiger partial charge in [-0.25, -0.2) is 19.0 Å². The molecule has 114 valence electrons. The minimum atomic E-state index is -1.21. The third kappa shape index (κ3) is 3.52.